The van der Waals surface area contributed by atoms with Gasteiger partial charge in [0.1, 0.15) is 0 Å². The molecule has 0 unspecified atom stereocenters. The number of nitrogens with zero attached hydrogens (tertiary/aromatic N) is 2. The van der Waals surface area contributed by atoms with E-state index in [1.54, 1.807) is 0 Å². The van der Waals surface area contributed by atoms with Gasteiger partial charge in [-0.05, 0) is 157 Å². The van der Waals surface area contributed by atoms with Gasteiger partial charge in [-0.3, -0.25) is 0 Å². The van der Waals surface area contributed by atoms with Crippen LogP contribution in [0.15, 0.2) is 115 Å². The molecular weight excluding hydrogens is 816 g/mol. The number of hydrogen-bond donors (Lipinski definition) is 0. The fourth-order valence-electron chi connectivity index (χ4n) is 12.2. The van der Waals surface area contributed by atoms with Crippen LogP contribution in [0.4, 0.5) is 34.1 Å². The SMILES string of the molecule is CC(C)(C)c1ccc(N2c3cc(C(C)(C)C)cc4c3B(c3cc5c(cc3N4c3ccc4c(c3)C(C)(C)CCC4(C)C)C(C)(C)CCC5(C)C)c3sc4ccccc4c32)c(-c2ccccc2)c1. The third-order valence-electron chi connectivity index (χ3n) is 16.7. The highest BCUT2D eigenvalue weighted by molar-refractivity contribution is 7.33. The molecule has 1 aromatic heterocycles. The van der Waals surface area contributed by atoms with E-state index in [0.29, 0.717) is 0 Å². The molecule has 6 aromatic carbocycles. The summed E-state index contributed by atoms with van der Waals surface area (Å²) in [5, 5.41) is 1.33. The minimum atomic E-state index is -0.113. The summed E-state index contributed by atoms with van der Waals surface area (Å²) in [7, 11) is 0. The quantitative estimate of drug-likeness (QED) is 0.163. The Bertz CT molecular complexity index is 3130. The summed E-state index contributed by atoms with van der Waals surface area (Å²) in [6, 6.07) is 45.8. The lowest BCUT2D eigenvalue weighted by atomic mass is 9.35. The lowest BCUT2D eigenvalue weighted by molar-refractivity contribution is 0.332. The van der Waals surface area contributed by atoms with Crippen LogP contribution >= 0.6 is 11.3 Å². The Morgan fingerprint density at radius 2 is 1.05 bits per heavy atom. The van der Waals surface area contributed by atoms with Gasteiger partial charge in [-0.15, -0.1) is 11.3 Å². The van der Waals surface area contributed by atoms with E-state index in [4.69, 9.17) is 0 Å². The monoisotopic (exact) mass is 885 g/mol. The zero-order chi connectivity index (χ0) is 46.7. The van der Waals surface area contributed by atoms with Crippen LogP contribution in [0, 0.1) is 0 Å². The molecule has 0 spiro atoms. The van der Waals surface area contributed by atoms with Crippen molar-refractivity contribution in [3.8, 4) is 11.1 Å². The first kappa shape index (κ1) is 43.5. The van der Waals surface area contributed by atoms with Crippen molar-refractivity contribution in [2.24, 2.45) is 0 Å². The molecule has 2 nitrogen and oxygen atoms in total. The third kappa shape index (κ3) is 6.54. The first-order chi connectivity index (χ1) is 31.0. The van der Waals surface area contributed by atoms with Gasteiger partial charge in [0, 0.05) is 43.2 Å². The van der Waals surface area contributed by atoms with Gasteiger partial charge in [0.05, 0.1) is 11.4 Å². The Hall–Kier alpha value is -5.06. The van der Waals surface area contributed by atoms with Crippen LogP contribution < -0.4 is 25.5 Å². The summed E-state index contributed by atoms with van der Waals surface area (Å²) in [6.07, 6.45) is 4.75. The largest absolute Gasteiger partial charge is 0.311 e. The van der Waals surface area contributed by atoms with E-state index < -0.39 is 0 Å². The Balaban J connectivity index is 1.30. The molecule has 0 saturated carbocycles. The molecule has 4 heteroatoms. The van der Waals surface area contributed by atoms with E-state index in [9.17, 15) is 0 Å². The number of benzene rings is 6. The van der Waals surface area contributed by atoms with Gasteiger partial charge in [0.2, 0.25) is 0 Å². The Morgan fingerprint density at radius 1 is 0.485 bits per heavy atom. The molecule has 0 bridgehead atoms. The maximum Gasteiger partial charge on any atom is 0.264 e. The highest BCUT2D eigenvalue weighted by atomic mass is 32.1. The van der Waals surface area contributed by atoms with E-state index in [1.165, 1.54) is 130 Å². The summed E-state index contributed by atoms with van der Waals surface area (Å²) < 4.78 is 2.78. The maximum atomic E-state index is 2.73. The second-order valence-electron chi connectivity index (χ2n) is 25.2. The smallest absolute Gasteiger partial charge is 0.264 e. The van der Waals surface area contributed by atoms with Crippen molar-refractivity contribution in [1.82, 2.24) is 0 Å². The number of anilines is 6. The summed E-state index contributed by atoms with van der Waals surface area (Å²) in [5.41, 5.74) is 22.1. The lowest BCUT2D eigenvalue weighted by Crippen LogP contribution is -2.61. The molecule has 0 fully saturated rings. The zero-order valence-corrected chi connectivity index (χ0v) is 43.0. The lowest BCUT2D eigenvalue weighted by Gasteiger charge is -2.48. The third-order valence-corrected chi connectivity index (χ3v) is 17.9. The number of hydrogen-bond acceptors (Lipinski definition) is 3. The van der Waals surface area contributed by atoms with E-state index in [0.717, 1.165) is 0 Å². The second kappa shape index (κ2) is 14.2. The van der Waals surface area contributed by atoms with Crippen LogP contribution in [0.2, 0.25) is 0 Å². The van der Waals surface area contributed by atoms with Crippen molar-refractivity contribution in [1.29, 1.82) is 0 Å². The van der Waals surface area contributed by atoms with Crippen molar-refractivity contribution >= 4 is 78.0 Å². The molecule has 0 atom stereocenters. The fourth-order valence-corrected chi connectivity index (χ4v) is 13.5. The van der Waals surface area contributed by atoms with Gasteiger partial charge in [-0.2, -0.15) is 0 Å². The summed E-state index contributed by atoms with van der Waals surface area (Å²) in [5.74, 6) is 0. The molecule has 11 rings (SSSR count). The van der Waals surface area contributed by atoms with Crippen molar-refractivity contribution in [2.45, 2.75) is 155 Å². The van der Waals surface area contributed by atoms with Crippen molar-refractivity contribution in [2.75, 3.05) is 9.80 Å². The molecule has 66 heavy (non-hydrogen) atoms. The average Bonchev–Trinajstić information content (AvgIpc) is 3.65. The van der Waals surface area contributed by atoms with Crippen molar-refractivity contribution in [3.05, 3.63) is 149 Å². The molecule has 336 valence electrons. The molecule has 4 aliphatic rings. The minimum Gasteiger partial charge on any atom is -0.311 e. The summed E-state index contributed by atoms with van der Waals surface area (Å²) in [4.78, 5) is 5.44. The van der Waals surface area contributed by atoms with Gasteiger partial charge in [0.25, 0.3) is 6.71 Å². The predicted octanol–water partition coefficient (Wildman–Crippen LogP) is 15.9. The minimum absolute atomic E-state index is 0.00897. The van der Waals surface area contributed by atoms with Gasteiger partial charge in [0.15, 0.2) is 0 Å². The van der Waals surface area contributed by atoms with Crippen molar-refractivity contribution < 1.29 is 0 Å². The first-order valence-corrected chi connectivity index (χ1v) is 25.6. The van der Waals surface area contributed by atoms with Crippen LogP contribution in [0.1, 0.15) is 156 Å². The molecular formula is C62H69BN2S. The van der Waals surface area contributed by atoms with Gasteiger partial charge in [-0.1, -0.05) is 164 Å². The highest BCUT2D eigenvalue weighted by Crippen LogP contribution is 2.55. The van der Waals surface area contributed by atoms with E-state index in [-0.39, 0.29) is 39.2 Å². The molecule has 2 aliphatic heterocycles. The fraction of sp³-hybridized carbons (Fsp3) is 0.387. The van der Waals surface area contributed by atoms with Crippen LogP contribution in [-0.2, 0) is 32.5 Å². The Kier molecular flexibility index (Phi) is 9.39. The average molecular weight is 885 g/mol. The number of rotatable bonds is 3. The van der Waals surface area contributed by atoms with E-state index in [1.807, 2.05) is 11.3 Å². The second-order valence-corrected chi connectivity index (χ2v) is 26.2. The van der Waals surface area contributed by atoms with Crippen LogP contribution in [0.25, 0.3) is 21.2 Å². The molecule has 0 amide bonds. The first-order valence-electron chi connectivity index (χ1n) is 24.8. The number of fused-ring (bicyclic) bond motifs is 8. The summed E-state index contributed by atoms with van der Waals surface area (Å²) >= 11 is 2.01. The molecule has 3 heterocycles. The maximum absolute atomic E-state index is 2.73. The van der Waals surface area contributed by atoms with Crippen LogP contribution in [0.5, 0.6) is 0 Å². The Labute approximate surface area is 400 Å². The Morgan fingerprint density at radius 3 is 1.68 bits per heavy atom. The molecule has 0 radical (unpaired) electrons. The highest BCUT2D eigenvalue weighted by Gasteiger charge is 2.49. The molecule has 7 aromatic rings. The van der Waals surface area contributed by atoms with Gasteiger partial charge in [-0.25, -0.2) is 0 Å². The van der Waals surface area contributed by atoms with Crippen LogP contribution in [0.3, 0.4) is 0 Å². The summed E-state index contributed by atoms with van der Waals surface area (Å²) in [6.45, 7) is 34.1. The molecule has 0 N–H and O–H groups in total. The van der Waals surface area contributed by atoms with Crippen molar-refractivity contribution in [3.63, 3.8) is 0 Å². The predicted molar refractivity (Wildman–Crippen MR) is 289 cm³/mol. The normalized spacial score (nSPS) is 18.6. The van der Waals surface area contributed by atoms with E-state index in [2.05, 4.69) is 222 Å². The van der Waals surface area contributed by atoms with E-state index >= 15 is 0 Å². The molecule has 2 aliphatic carbocycles. The number of thiophene rings is 1. The van der Waals surface area contributed by atoms with Crippen LogP contribution in [-0.4, -0.2) is 6.71 Å². The topological polar surface area (TPSA) is 6.48 Å². The van der Waals surface area contributed by atoms with Gasteiger partial charge < -0.3 is 9.80 Å². The standard InChI is InChI=1S/C62H69BN2S/c1-57(2,3)39-24-27-49(43(32-39)38-20-16-15-17-21-38)65-52-34-40(58(4,5)6)33-51-54(52)63(56-55(65)42-22-18-19-23-53(42)66-56)48-36-46-47(62(13,14)31-30-61(46,11)12)37-50(48)64(51)41-25-26-44-45(35-41)60(9,10)29-28-59(44,7)8/h15-27,32-37H,28-31H2,1-14H3. The zero-order valence-electron chi connectivity index (χ0n) is 42.2. The molecule has 0 saturated heterocycles. The van der Waals surface area contributed by atoms with Gasteiger partial charge >= 0.3 is 0 Å².